The van der Waals surface area contributed by atoms with Crippen LogP contribution in [-0.2, 0) is 30.4 Å². The summed E-state index contributed by atoms with van der Waals surface area (Å²) in [6.45, 7) is -4.17. The normalized spacial score (nSPS) is 11.9. The maximum absolute atomic E-state index is 12.3. The Kier molecular flexibility index (Phi) is 14.1. The van der Waals surface area contributed by atoms with Gasteiger partial charge in [-0.25, -0.2) is 0 Å². The third kappa shape index (κ3) is 13.2. The van der Waals surface area contributed by atoms with Crippen LogP contribution in [-0.4, -0.2) is 108 Å². The Morgan fingerprint density at radius 3 is 1.53 bits per heavy atom. The second-order valence-corrected chi connectivity index (χ2v) is 10.5. The van der Waals surface area contributed by atoms with Gasteiger partial charge in [-0.3, -0.25) is 14.7 Å². The fourth-order valence-corrected chi connectivity index (χ4v) is 4.57. The van der Waals surface area contributed by atoms with Crippen molar-refractivity contribution in [1.29, 1.82) is 0 Å². The molecule has 43 heavy (non-hydrogen) atoms. The van der Waals surface area contributed by atoms with E-state index in [1.807, 2.05) is 22.6 Å². The molecule has 15 nitrogen and oxygen atoms in total. The summed E-state index contributed by atoms with van der Waals surface area (Å²) in [7, 11) is 0. The van der Waals surface area contributed by atoms with Crippen LogP contribution in [0, 0.1) is 3.57 Å². The Morgan fingerprint density at radius 1 is 0.698 bits per heavy atom. The number of phenols is 1. The standard InChI is InChI=1S/C27H32IN3O12/c28-20-12-19(5-6-22(20)32)43-18-3-1-17(2-4-18)11-21(27(41)42)31(9-7-29(13-23(33)34)14-24(35)36)10-8-30(15-25(37)38)16-26(39)40/h1-6,12,21,32H,7-11,13-16H2,(H,33,34)(H,35,36)(H,37,38)(H,39,40)(H,41,42)/p-5/t21-/m0/s1. The molecule has 0 saturated carbocycles. The second kappa shape index (κ2) is 17.2. The molecule has 0 aliphatic rings. The van der Waals surface area contributed by atoms with E-state index in [0.29, 0.717) is 20.6 Å². The van der Waals surface area contributed by atoms with Crippen molar-refractivity contribution in [3.63, 3.8) is 0 Å². The Bertz CT molecular complexity index is 1220. The molecular formula is C27H27IN3O12-5. The number of hydrogen-bond donors (Lipinski definition) is 1. The molecule has 2 rings (SSSR count). The molecule has 234 valence electrons. The van der Waals surface area contributed by atoms with E-state index in [0.717, 1.165) is 9.80 Å². The summed E-state index contributed by atoms with van der Waals surface area (Å²) >= 11 is 1.94. The minimum absolute atomic E-state index is 0.0888. The fraction of sp³-hybridized carbons (Fsp3) is 0.370. The minimum atomic E-state index is -1.58. The molecule has 16 heteroatoms. The lowest BCUT2D eigenvalue weighted by molar-refractivity contribution is -0.314. The quantitative estimate of drug-likeness (QED) is 0.126. The van der Waals surface area contributed by atoms with Crippen LogP contribution in [0.1, 0.15) is 5.56 Å². The van der Waals surface area contributed by atoms with Crippen molar-refractivity contribution in [2.45, 2.75) is 12.5 Å². The van der Waals surface area contributed by atoms with Gasteiger partial charge in [-0.2, -0.15) is 0 Å². The van der Waals surface area contributed by atoms with E-state index in [1.54, 1.807) is 36.4 Å². The van der Waals surface area contributed by atoms with Gasteiger partial charge in [-0.15, -0.1) is 0 Å². The fourth-order valence-electron chi connectivity index (χ4n) is 4.09. The molecule has 2 aromatic rings. The number of carbonyl (C=O) groups excluding carboxylic acids is 5. The Balaban J connectivity index is 2.26. The van der Waals surface area contributed by atoms with Crippen LogP contribution in [0.2, 0.25) is 0 Å². The summed E-state index contributed by atoms with van der Waals surface area (Å²) in [5.74, 6) is -6.92. The monoisotopic (exact) mass is 712 g/mol. The summed E-state index contributed by atoms with van der Waals surface area (Å²) < 4.78 is 6.32. The van der Waals surface area contributed by atoms with Crippen LogP contribution >= 0.6 is 22.6 Å². The van der Waals surface area contributed by atoms with Gasteiger partial charge in [0, 0.05) is 52.4 Å². The number of halogens is 1. The number of aromatic hydroxyl groups is 1. The van der Waals surface area contributed by atoms with Crippen LogP contribution in [0.15, 0.2) is 42.5 Å². The minimum Gasteiger partial charge on any atom is -0.549 e. The molecule has 0 fully saturated rings. The number of hydrogen-bond acceptors (Lipinski definition) is 15. The van der Waals surface area contributed by atoms with Crippen molar-refractivity contribution < 1.29 is 59.3 Å². The van der Waals surface area contributed by atoms with Crippen LogP contribution in [0.3, 0.4) is 0 Å². The highest BCUT2D eigenvalue weighted by atomic mass is 127. The van der Waals surface area contributed by atoms with Gasteiger partial charge < -0.3 is 59.3 Å². The average molecular weight is 712 g/mol. The Morgan fingerprint density at radius 2 is 1.14 bits per heavy atom. The van der Waals surface area contributed by atoms with E-state index in [4.69, 9.17) is 4.74 Å². The highest BCUT2D eigenvalue weighted by molar-refractivity contribution is 14.1. The SMILES string of the molecule is O=C([O-])CN(CCN(CCN(CC(=O)[O-])CC(=O)[O-])[C@@H](Cc1ccc(Oc2ccc(O)c(I)c2)cc1)C(=O)[O-])CC(=O)[O-]. The molecule has 0 aliphatic heterocycles. The van der Waals surface area contributed by atoms with Gasteiger partial charge in [0.1, 0.15) is 17.2 Å². The molecule has 1 N–H and O–H groups in total. The summed E-state index contributed by atoms with van der Waals surface area (Å²) in [6.07, 6.45) is -0.151. The lowest BCUT2D eigenvalue weighted by Crippen LogP contribution is -2.55. The molecule has 0 bridgehead atoms. The molecule has 1 atom stereocenters. The number of benzene rings is 2. The summed E-state index contributed by atoms with van der Waals surface area (Å²) in [4.78, 5) is 59.8. The number of ether oxygens (including phenoxy) is 1. The molecule has 0 radical (unpaired) electrons. The molecule has 2 aromatic carbocycles. The van der Waals surface area contributed by atoms with Gasteiger partial charge in [0.2, 0.25) is 0 Å². The molecule has 0 spiro atoms. The first-order valence-corrected chi connectivity index (χ1v) is 13.8. The van der Waals surface area contributed by atoms with Crippen LogP contribution in [0.4, 0.5) is 0 Å². The highest BCUT2D eigenvalue weighted by Crippen LogP contribution is 2.28. The lowest BCUT2D eigenvalue weighted by Gasteiger charge is -2.36. The summed E-state index contributed by atoms with van der Waals surface area (Å²) in [6, 6.07) is 9.59. The van der Waals surface area contributed by atoms with Gasteiger partial charge in [0.05, 0.1) is 39.5 Å². The predicted octanol–water partition coefficient (Wildman–Crippen LogP) is -5.64. The van der Waals surface area contributed by atoms with Gasteiger partial charge in [-0.1, -0.05) is 12.1 Å². The van der Waals surface area contributed by atoms with Crippen LogP contribution in [0.25, 0.3) is 0 Å². The van der Waals surface area contributed by atoms with Crippen molar-refractivity contribution in [3.8, 4) is 17.2 Å². The van der Waals surface area contributed by atoms with Crippen molar-refractivity contribution in [2.24, 2.45) is 0 Å². The largest absolute Gasteiger partial charge is 0.549 e. The Labute approximate surface area is 259 Å². The summed E-state index contributed by atoms with van der Waals surface area (Å²) in [5, 5.41) is 66.3. The maximum atomic E-state index is 12.3. The molecule has 0 unspecified atom stereocenters. The van der Waals surface area contributed by atoms with Gasteiger partial charge >= 0.3 is 0 Å². The number of phenolic OH excluding ortho intramolecular Hbond substituents is 1. The number of aliphatic carboxylic acids is 5. The molecule has 0 amide bonds. The van der Waals surface area contributed by atoms with Gasteiger partial charge in [-0.05, 0) is 64.9 Å². The summed E-state index contributed by atoms with van der Waals surface area (Å²) in [5.41, 5.74) is 0.509. The van der Waals surface area contributed by atoms with Crippen molar-refractivity contribution >= 4 is 52.4 Å². The van der Waals surface area contributed by atoms with Gasteiger partial charge in [0.25, 0.3) is 0 Å². The van der Waals surface area contributed by atoms with Crippen molar-refractivity contribution in [2.75, 3.05) is 52.4 Å². The van der Waals surface area contributed by atoms with E-state index in [9.17, 15) is 54.6 Å². The number of carboxylic acids is 5. The number of rotatable bonds is 20. The van der Waals surface area contributed by atoms with E-state index >= 15 is 0 Å². The van der Waals surface area contributed by atoms with Crippen LogP contribution in [0.5, 0.6) is 17.2 Å². The molecule has 0 saturated heterocycles. The van der Waals surface area contributed by atoms with E-state index in [1.165, 1.54) is 11.0 Å². The zero-order valence-electron chi connectivity index (χ0n) is 22.6. The zero-order chi connectivity index (χ0) is 32.1. The maximum Gasteiger partial charge on any atom is 0.129 e. The topological polar surface area (TPSA) is 240 Å². The number of carboxylic acid groups (broad SMARTS) is 5. The van der Waals surface area contributed by atoms with Crippen molar-refractivity contribution in [1.82, 2.24) is 14.7 Å². The first-order valence-electron chi connectivity index (χ1n) is 12.7. The third-order valence-corrected chi connectivity index (χ3v) is 6.90. The third-order valence-electron chi connectivity index (χ3n) is 6.04. The Hall–Kier alpha value is -4.00. The van der Waals surface area contributed by atoms with E-state index in [-0.39, 0.29) is 38.3 Å². The zero-order valence-corrected chi connectivity index (χ0v) is 24.8. The molecular weight excluding hydrogens is 685 g/mol. The first-order chi connectivity index (χ1) is 20.2. The average Bonchev–Trinajstić information content (AvgIpc) is 2.89. The molecule has 0 aliphatic carbocycles. The number of carbonyl (C=O) groups is 5. The van der Waals surface area contributed by atoms with E-state index < -0.39 is 62.1 Å². The van der Waals surface area contributed by atoms with Crippen LogP contribution < -0.4 is 30.3 Å². The van der Waals surface area contributed by atoms with Crippen molar-refractivity contribution in [3.05, 3.63) is 51.6 Å². The highest BCUT2D eigenvalue weighted by Gasteiger charge is 2.23. The lowest BCUT2D eigenvalue weighted by atomic mass is 10.0. The number of nitrogens with zero attached hydrogens (tertiary/aromatic N) is 3. The first kappa shape index (κ1) is 35.2. The van der Waals surface area contributed by atoms with E-state index in [2.05, 4.69) is 0 Å². The molecule has 0 aromatic heterocycles. The smallest absolute Gasteiger partial charge is 0.129 e. The van der Waals surface area contributed by atoms with Gasteiger partial charge in [0.15, 0.2) is 0 Å². The molecule has 0 heterocycles. The second-order valence-electron chi connectivity index (χ2n) is 9.34. The predicted molar refractivity (Wildman–Crippen MR) is 144 cm³/mol.